The van der Waals surface area contributed by atoms with Crippen LogP contribution in [0.25, 0.3) is 5.69 Å². The maximum absolute atomic E-state index is 13.3. The van der Waals surface area contributed by atoms with E-state index in [1.807, 2.05) is 60.9 Å². The lowest BCUT2D eigenvalue weighted by Gasteiger charge is -2.18. The summed E-state index contributed by atoms with van der Waals surface area (Å²) in [6.07, 6.45) is 0.915. The quantitative estimate of drug-likeness (QED) is 0.268. The maximum atomic E-state index is 13.3. The average Bonchev–Trinajstić information content (AvgIpc) is 3.29. The molecule has 0 spiro atoms. The molecule has 1 amide bonds. The molecule has 1 unspecified atom stereocenters. The van der Waals surface area contributed by atoms with E-state index in [1.54, 1.807) is 12.1 Å². The van der Waals surface area contributed by atoms with E-state index in [0.717, 1.165) is 23.2 Å². The van der Waals surface area contributed by atoms with E-state index in [0.29, 0.717) is 27.3 Å². The highest BCUT2D eigenvalue weighted by Gasteiger charge is 2.23. The molecule has 0 aliphatic rings. The Kier molecular flexibility index (Phi) is 7.88. The molecular weight excluding hydrogens is 483 g/mol. The summed E-state index contributed by atoms with van der Waals surface area (Å²) in [5, 5.41) is 13.2. The van der Waals surface area contributed by atoms with Crippen LogP contribution in [0.3, 0.4) is 0 Å². The Morgan fingerprint density at radius 1 is 1.06 bits per heavy atom. The smallest absolute Gasteiger partial charge is 0.251 e. The van der Waals surface area contributed by atoms with Crippen LogP contribution in [0.2, 0.25) is 5.02 Å². The van der Waals surface area contributed by atoms with Crippen LogP contribution in [-0.4, -0.2) is 20.7 Å². The lowest BCUT2D eigenvalue weighted by molar-refractivity contribution is 0.0938. The van der Waals surface area contributed by atoms with Gasteiger partial charge in [-0.25, -0.2) is 4.39 Å². The number of carbonyl (C=O) groups is 1. The van der Waals surface area contributed by atoms with E-state index in [4.69, 9.17) is 11.6 Å². The first-order valence-corrected chi connectivity index (χ1v) is 12.7. The fourth-order valence-electron chi connectivity index (χ4n) is 3.67. The first kappa shape index (κ1) is 24.9. The SMILES string of the molecule is CCc1ccc(C(=O)NC(C)c2nnc(SCc3ccc(F)cc3)n2-c2cc(Cl)ccc2C)cc1. The summed E-state index contributed by atoms with van der Waals surface area (Å²) in [6, 6.07) is 19.2. The summed E-state index contributed by atoms with van der Waals surface area (Å²) in [7, 11) is 0. The van der Waals surface area contributed by atoms with Gasteiger partial charge in [-0.05, 0) is 73.4 Å². The monoisotopic (exact) mass is 508 g/mol. The first-order chi connectivity index (χ1) is 16.9. The van der Waals surface area contributed by atoms with Gasteiger partial charge in [-0.1, -0.05) is 60.6 Å². The van der Waals surface area contributed by atoms with Crippen LogP contribution in [0.5, 0.6) is 0 Å². The Balaban J connectivity index is 1.64. The van der Waals surface area contributed by atoms with Crippen molar-refractivity contribution in [1.82, 2.24) is 20.1 Å². The van der Waals surface area contributed by atoms with Crippen molar-refractivity contribution in [3.63, 3.8) is 0 Å². The van der Waals surface area contributed by atoms with E-state index < -0.39 is 6.04 Å². The number of aromatic nitrogens is 3. The average molecular weight is 509 g/mol. The van der Waals surface area contributed by atoms with Crippen molar-refractivity contribution >= 4 is 29.3 Å². The number of amides is 1. The lowest BCUT2D eigenvalue weighted by Crippen LogP contribution is -2.28. The zero-order chi connectivity index (χ0) is 24.9. The summed E-state index contributed by atoms with van der Waals surface area (Å²) < 4.78 is 15.2. The fraction of sp³-hybridized carbons (Fsp3) is 0.222. The van der Waals surface area contributed by atoms with Crippen LogP contribution in [0.4, 0.5) is 4.39 Å². The standard InChI is InChI=1S/C27H26ClFN4OS/c1-4-19-6-10-21(11-7-19)26(34)30-18(3)25-31-32-27(35-16-20-8-13-23(29)14-9-20)33(25)24-15-22(28)12-5-17(24)2/h5-15,18H,4,16H2,1-3H3,(H,30,34). The van der Waals surface area contributed by atoms with Gasteiger partial charge in [0.2, 0.25) is 0 Å². The Labute approximate surface area is 213 Å². The largest absolute Gasteiger partial charge is 0.342 e. The molecule has 4 aromatic rings. The van der Waals surface area contributed by atoms with E-state index in [1.165, 1.54) is 29.5 Å². The summed E-state index contributed by atoms with van der Waals surface area (Å²) in [4.78, 5) is 12.9. The minimum atomic E-state index is -0.417. The van der Waals surface area contributed by atoms with Gasteiger partial charge in [0.05, 0.1) is 11.7 Å². The summed E-state index contributed by atoms with van der Waals surface area (Å²) in [5.74, 6) is 0.726. The van der Waals surface area contributed by atoms with Crippen molar-refractivity contribution in [3.05, 3.63) is 106 Å². The van der Waals surface area contributed by atoms with Crippen molar-refractivity contribution in [2.24, 2.45) is 0 Å². The van der Waals surface area contributed by atoms with Crippen LogP contribution in [0.15, 0.2) is 71.9 Å². The van der Waals surface area contributed by atoms with E-state index in [-0.39, 0.29) is 11.7 Å². The molecule has 3 aromatic carbocycles. The highest BCUT2D eigenvalue weighted by molar-refractivity contribution is 7.98. The second-order valence-corrected chi connectivity index (χ2v) is 9.65. The zero-order valence-electron chi connectivity index (χ0n) is 19.8. The molecule has 1 heterocycles. The molecule has 35 heavy (non-hydrogen) atoms. The van der Waals surface area contributed by atoms with Crippen LogP contribution < -0.4 is 5.32 Å². The third-order valence-electron chi connectivity index (χ3n) is 5.71. The third kappa shape index (κ3) is 5.92. The van der Waals surface area contributed by atoms with E-state index in [9.17, 15) is 9.18 Å². The Hall–Kier alpha value is -3.16. The molecule has 1 N–H and O–H groups in total. The Morgan fingerprint density at radius 3 is 2.43 bits per heavy atom. The number of aryl methyl sites for hydroxylation is 2. The molecule has 0 saturated heterocycles. The van der Waals surface area contributed by atoms with Gasteiger partial charge >= 0.3 is 0 Å². The molecule has 5 nitrogen and oxygen atoms in total. The van der Waals surface area contributed by atoms with Gasteiger partial charge in [0.1, 0.15) is 5.82 Å². The lowest BCUT2D eigenvalue weighted by atomic mass is 10.1. The number of carbonyl (C=O) groups excluding carboxylic acids is 1. The molecule has 0 bridgehead atoms. The zero-order valence-corrected chi connectivity index (χ0v) is 21.3. The Bertz CT molecular complexity index is 1320. The van der Waals surface area contributed by atoms with Crippen molar-refractivity contribution in [2.45, 2.75) is 44.1 Å². The van der Waals surface area contributed by atoms with Crippen LogP contribution in [0, 0.1) is 12.7 Å². The molecule has 0 aliphatic heterocycles. The molecule has 1 atom stereocenters. The van der Waals surface area contributed by atoms with Crippen molar-refractivity contribution in [2.75, 3.05) is 0 Å². The number of thioether (sulfide) groups is 1. The van der Waals surface area contributed by atoms with Gasteiger partial charge in [0.25, 0.3) is 5.91 Å². The van der Waals surface area contributed by atoms with E-state index in [2.05, 4.69) is 22.4 Å². The van der Waals surface area contributed by atoms with E-state index >= 15 is 0 Å². The maximum Gasteiger partial charge on any atom is 0.251 e. The number of halogens is 2. The van der Waals surface area contributed by atoms with Gasteiger partial charge in [-0.15, -0.1) is 10.2 Å². The molecule has 1 aromatic heterocycles. The number of rotatable bonds is 8. The third-order valence-corrected chi connectivity index (χ3v) is 6.95. The Morgan fingerprint density at radius 2 is 1.74 bits per heavy atom. The van der Waals surface area contributed by atoms with Crippen molar-refractivity contribution in [3.8, 4) is 5.69 Å². The summed E-state index contributed by atoms with van der Waals surface area (Å²) in [5.41, 5.74) is 4.56. The van der Waals surface area contributed by atoms with Crippen LogP contribution >= 0.6 is 23.4 Å². The molecular formula is C27H26ClFN4OS. The van der Waals surface area contributed by atoms with Gasteiger partial charge in [0.15, 0.2) is 11.0 Å². The molecule has 0 fully saturated rings. The number of hydrogen-bond acceptors (Lipinski definition) is 4. The highest BCUT2D eigenvalue weighted by atomic mass is 35.5. The first-order valence-electron chi connectivity index (χ1n) is 11.3. The van der Waals surface area contributed by atoms with Gasteiger partial charge in [-0.2, -0.15) is 0 Å². The number of benzene rings is 3. The van der Waals surface area contributed by atoms with Crippen molar-refractivity contribution < 1.29 is 9.18 Å². The van der Waals surface area contributed by atoms with Gasteiger partial charge in [-0.3, -0.25) is 9.36 Å². The number of hydrogen-bond donors (Lipinski definition) is 1. The van der Waals surface area contributed by atoms with Crippen LogP contribution in [-0.2, 0) is 12.2 Å². The molecule has 0 aliphatic carbocycles. The van der Waals surface area contributed by atoms with Crippen molar-refractivity contribution in [1.29, 1.82) is 0 Å². The predicted octanol–water partition coefficient (Wildman–Crippen LogP) is 6.71. The minimum absolute atomic E-state index is 0.182. The summed E-state index contributed by atoms with van der Waals surface area (Å²) in [6.45, 7) is 5.95. The molecule has 180 valence electrons. The number of nitrogens with one attached hydrogen (secondary N) is 1. The van der Waals surface area contributed by atoms with Gasteiger partial charge in [0, 0.05) is 16.3 Å². The second-order valence-electron chi connectivity index (χ2n) is 8.27. The highest BCUT2D eigenvalue weighted by Crippen LogP contribution is 2.30. The second kappa shape index (κ2) is 11.1. The molecule has 0 radical (unpaired) electrons. The number of nitrogens with zero attached hydrogens (tertiary/aromatic N) is 3. The molecule has 8 heteroatoms. The predicted molar refractivity (Wildman–Crippen MR) is 139 cm³/mol. The van der Waals surface area contributed by atoms with Crippen LogP contribution in [0.1, 0.15) is 52.8 Å². The normalized spacial score (nSPS) is 11.9. The fourth-order valence-corrected chi connectivity index (χ4v) is 4.74. The molecule has 0 saturated carbocycles. The molecule has 4 rings (SSSR count). The topological polar surface area (TPSA) is 59.8 Å². The van der Waals surface area contributed by atoms with Gasteiger partial charge < -0.3 is 5.32 Å². The summed E-state index contributed by atoms with van der Waals surface area (Å²) >= 11 is 7.81. The minimum Gasteiger partial charge on any atom is -0.342 e.